The largest absolute Gasteiger partial charge is 0.500 e. The number of hydrogen-bond acceptors (Lipinski definition) is 6. The molecule has 1 unspecified atom stereocenters. The minimum Gasteiger partial charge on any atom is -0.389 e. The first-order valence-electron chi connectivity index (χ1n) is 8.38. The van der Waals surface area contributed by atoms with Crippen LogP contribution in [0.4, 0.5) is 0 Å². The van der Waals surface area contributed by atoms with Crippen LogP contribution in [0.25, 0.3) is 11.0 Å². The summed E-state index contributed by atoms with van der Waals surface area (Å²) in [5.41, 5.74) is 1.96. The van der Waals surface area contributed by atoms with Gasteiger partial charge in [-0.25, -0.2) is 4.98 Å². The second kappa shape index (κ2) is 9.42. The molecule has 1 heterocycles. The van der Waals surface area contributed by atoms with Crippen LogP contribution in [-0.2, 0) is 24.6 Å². The van der Waals surface area contributed by atoms with Crippen molar-refractivity contribution in [3.05, 3.63) is 30.1 Å². The van der Waals surface area contributed by atoms with Crippen molar-refractivity contribution in [2.24, 2.45) is 0 Å². The molecule has 2 rings (SSSR count). The van der Waals surface area contributed by atoms with Gasteiger partial charge in [-0.05, 0) is 25.5 Å². The van der Waals surface area contributed by atoms with Crippen molar-refractivity contribution in [2.45, 2.75) is 32.0 Å². The van der Waals surface area contributed by atoms with Gasteiger partial charge in [-0.15, -0.1) is 0 Å². The maximum Gasteiger partial charge on any atom is 0.500 e. The van der Waals surface area contributed by atoms with Crippen molar-refractivity contribution in [3.63, 3.8) is 0 Å². The number of para-hydroxylation sites is 2. The Bertz CT molecular complexity index is 651. The molecule has 0 radical (unpaired) electrons. The first-order chi connectivity index (χ1) is 12.0. The fraction of sp³-hybridized carbons (Fsp3) is 0.588. The van der Waals surface area contributed by atoms with Gasteiger partial charge < -0.3 is 27.7 Å². The number of aliphatic hydroxyl groups excluding tert-OH is 1. The Kier molecular flexibility index (Phi) is 7.54. The number of aryl methyl sites for hydroxylation is 1. The summed E-state index contributed by atoms with van der Waals surface area (Å²) in [7, 11) is 2.26. The van der Waals surface area contributed by atoms with Gasteiger partial charge in [0, 0.05) is 34.0 Å². The molecule has 0 aliphatic heterocycles. The number of aromatic nitrogens is 2. The van der Waals surface area contributed by atoms with Gasteiger partial charge in [-0.3, -0.25) is 0 Å². The van der Waals surface area contributed by atoms with Gasteiger partial charge >= 0.3 is 8.80 Å². The van der Waals surface area contributed by atoms with Gasteiger partial charge in [0.25, 0.3) is 0 Å². The standard InChI is InChI=1S/C17H28N2O5Si/c1-14-18-16-8-5-6-9-17(16)19(14)12-15(20)13-24-10-7-11-25(21-2,22-3)23-4/h5-6,8-9,15,20H,7,10-13H2,1-4H3. The molecule has 0 aliphatic rings. The smallest absolute Gasteiger partial charge is 0.389 e. The summed E-state index contributed by atoms with van der Waals surface area (Å²) in [6.07, 6.45) is 0.159. The highest BCUT2D eigenvalue weighted by molar-refractivity contribution is 6.60. The Morgan fingerprint density at radius 3 is 2.52 bits per heavy atom. The summed E-state index contributed by atoms with van der Waals surface area (Å²) in [5.74, 6) is 0.885. The molecule has 0 fully saturated rings. The van der Waals surface area contributed by atoms with Crippen LogP contribution in [0.1, 0.15) is 12.2 Å². The van der Waals surface area contributed by atoms with E-state index in [0.29, 0.717) is 19.2 Å². The van der Waals surface area contributed by atoms with Crippen molar-refractivity contribution in [2.75, 3.05) is 34.5 Å². The van der Waals surface area contributed by atoms with Crippen LogP contribution in [0.5, 0.6) is 0 Å². The lowest BCUT2D eigenvalue weighted by Gasteiger charge is -2.24. The maximum absolute atomic E-state index is 10.3. The zero-order valence-corrected chi connectivity index (χ0v) is 16.4. The zero-order valence-electron chi connectivity index (χ0n) is 15.4. The summed E-state index contributed by atoms with van der Waals surface area (Å²) in [4.78, 5) is 4.51. The molecule has 1 aromatic heterocycles. The summed E-state index contributed by atoms with van der Waals surface area (Å²) in [6, 6.07) is 8.59. The fourth-order valence-electron chi connectivity index (χ4n) is 2.86. The quantitative estimate of drug-likeness (QED) is 0.483. The van der Waals surface area contributed by atoms with Crippen LogP contribution < -0.4 is 0 Å². The van der Waals surface area contributed by atoms with Gasteiger partial charge in [0.05, 0.1) is 30.3 Å². The molecule has 0 amide bonds. The monoisotopic (exact) mass is 368 g/mol. The SMILES string of the molecule is CO[Si](CCCOCC(O)Cn1c(C)nc2ccccc21)(OC)OC. The molecule has 0 aliphatic carbocycles. The highest BCUT2D eigenvalue weighted by Crippen LogP contribution is 2.17. The molecule has 0 spiro atoms. The van der Waals surface area contributed by atoms with Crippen LogP contribution in [0.3, 0.4) is 0 Å². The number of ether oxygens (including phenoxy) is 1. The van der Waals surface area contributed by atoms with E-state index >= 15 is 0 Å². The fourth-order valence-corrected chi connectivity index (χ4v) is 4.55. The number of nitrogens with zero attached hydrogens (tertiary/aromatic N) is 2. The molecule has 2 aromatic rings. The van der Waals surface area contributed by atoms with E-state index in [-0.39, 0.29) is 6.61 Å². The third-order valence-electron chi connectivity index (χ3n) is 4.25. The summed E-state index contributed by atoms with van der Waals surface area (Å²) in [6.45, 7) is 3.19. The molecule has 0 bridgehead atoms. The molecule has 1 aromatic carbocycles. The van der Waals surface area contributed by atoms with Crippen molar-refractivity contribution in [1.29, 1.82) is 0 Å². The Morgan fingerprint density at radius 1 is 1.16 bits per heavy atom. The number of aliphatic hydroxyl groups is 1. The van der Waals surface area contributed by atoms with E-state index in [4.69, 9.17) is 18.0 Å². The molecular formula is C17H28N2O5Si. The highest BCUT2D eigenvalue weighted by atomic mass is 28.4. The second-order valence-electron chi connectivity index (χ2n) is 5.89. The van der Waals surface area contributed by atoms with E-state index in [9.17, 15) is 5.11 Å². The first kappa shape index (κ1) is 20.0. The van der Waals surface area contributed by atoms with Crippen molar-refractivity contribution >= 4 is 19.8 Å². The Hall–Kier alpha value is -1.29. The van der Waals surface area contributed by atoms with Crippen molar-refractivity contribution in [1.82, 2.24) is 9.55 Å². The first-order valence-corrected chi connectivity index (χ1v) is 10.3. The molecule has 8 heteroatoms. The summed E-state index contributed by atoms with van der Waals surface area (Å²) in [5, 5.41) is 10.3. The second-order valence-corrected chi connectivity index (χ2v) is 8.98. The van der Waals surface area contributed by atoms with E-state index in [0.717, 1.165) is 23.3 Å². The molecule has 25 heavy (non-hydrogen) atoms. The number of rotatable bonds is 11. The van der Waals surface area contributed by atoms with Crippen LogP contribution in [0.15, 0.2) is 24.3 Å². The average Bonchev–Trinajstić information content (AvgIpc) is 2.94. The number of imidazole rings is 1. The number of fused-ring (bicyclic) bond motifs is 1. The lowest BCUT2D eigenvalue weighted by atomic mass is 10.3. The highest BCUT2D eigenvalue weighted by Gasteiger charge is 2.36. The van der Waals surface area contributed by atoms with Crippen LogP contribution in [-0.4, -0.2) is 64.1 Å². The normalized spacial score (nSPS) is 13.5. The van der Waals surface area contributed by atoms with E-state index in [1.165, 1.54) is 0 Å². The van der Waals surface area contributed by atoms with Gasteiger partial charge in [0.15, 0.2) is 0 Å². The van der Waals surface area contributed by atoms with E-state index in [1.807, 2.05) is 35.8 Å². The van der Waals surface area contributed by atoms with Crippen LogP contribution in [0.2, 0.25) is 6.04 Å². The average molecular weight is 369 g/mol. The van der Waals surface area contributed by atoms with Crippen molar-refractivity contribution in [3.8, 4) is 0 Å². The maximum atomic E-state index is 10.3. The lowest BCUT2D eigenvalue weighted by molar-refractivity contribution is 0.0269. The zero-order chi connectivity index (χ0) is 18.3. The van der Waals surface area contributed by atoms with Crippen LogP contribution >= 0.6 is 0 Å². The molecule has 0 saturated heterocycles. The molecule has 1 atom stereocenters. The molecule has 140 valence electrons. The number of hydrogen-bond donors (Lipinski definition) is 1. The minimum absolute atomic E-state index is 0.271. The van der Waals surface area contributed by atoms with Gasteiger partial charge in [-0.2, -0.15) is 0 Å². The van der Waals surface area contributed by atoms with E-state index in [1.54, 1.807) is 21.3 Å². The third kappa shape index (κ3) is 5.10. The van der Waals surface area contributed by atoms with E-state index < -0.39 is 14.9 Å². The minimum atomic E-state index is -2.54. The molecular weight excluding hydrogens is 340 g/mol. The van der Waals surface area contributed by atoms with E-state index in [2.05, 4.69) is 4.98 Å². The lowest BCUT2D eigenvalue weighted by Crippen LogP contribution is -2.42. The summed E-state index contributed by atoms with van der Waals surface area (Å²) >= 11 is 0. The van der Waals surface area contributed by atoms with Crippen LogP contribution in [0, 0.1) is 6.92 Å². The predicted octanol–water partition coefficient (Wildman–Crippen LogP) is 1.99. The topological polar surface area (TPSA) is 75.0 Å². The van der Waals surface area contributed by atoms with Gasteiger partial charge in [0.1, 0.15) is 5.82 Å². The van der Waals surface area contributed by atoms with Gasteiger partial charge in [0.2, 0.25) is 0 Å². The Labute approximate surface area is 149 Å². The van der Waals surface area contributed by atoms with Crippen molar-refractivity contribution < 1.29 is 23.1 Å². The summed E-state index contributed by atoms with van der Waals surface area (Å²) < 4.78 is 23.7. The molecule has 7 nitrogen and oxygen atoms in total. The van der Waals surface area contributed by atoms with Gasteiger partial charge in [-0.1, -0.05) is 12.1 Å². The molecule has 0 saturated carbocycles. The predicted molar refractivity (Wildman–Crippen MR) is 97.5 cm³/mol. The Balaban J connectivity index is 1.77. The molecule has 1 N–H and O–H groups in total. The third-order valence-corrected chi connectivity index (χ3v) is 7.09. The Morgan fingerprint density at radius 2 is 1.84 bits per heavy atom. The number of benzene rings is 1.